The molecule has 14 heteroatoms. The van der Waals surface area contributed by atoms with Gasteiger partial charge in [0, 0.05) is 26.4 Å². The van der Waals surface area contributed by atoms with Gasteiger partial charge in [0.2, 0.25) is 0 Å². The summed E-state index contributed by atoms with van der Waals surface area (Å²) in [6.45, 7) is 5.51. The van der Waals surface area contributed by atoms with Crippen molar-refractivity contribution >= 4 is 67.4 Å². The van der Waals surface area contributed by atoms with E-state index < -0.39 is 24.1 Å². The van der Waals surface area contributed by atoms with Gasteiger partial charge in [0.15, 0.2) is 5.13 Å². The van der Waals surface area contributed by atoms with E-state index in [4.69, 9.17) is 22.1 Å². The van der Waals surface area contributed by atoms with Crippen molar-refractivity contribution in [3.8, 4) is 0 Å². The summed E-state index contributed by atoms with van der Waals surface area (Å²) in [4.78, 5) is 40.0. The lowest BCUT2D eigenvalue weighted by atomic mass is 10.1. The van der Waals surface area contributed by atoms with Crippen LogP contribution < -0.4 is 16.4 Å². The van der Waals surface area contributed by atoms with Crippen LogP contribution in [0.15, 0.2) is 14.5 Å². The first kappa shape index (κ1) is 27.9. The van der Waals surface area contributed by atoms with Gasteiger partial charge in [0.25, 0.3) is 5.91 Å². The van der Waals surface area contributed by atoms with E-state index in [1.54, 1.807) is 13.8 Å². The second-order valence-electron chi connectivity index (χ2n) is 7.13. The predicted octanol–water partition coefficient (Wildman–Crippen LogP) is 3.28. The van der Waals surface area contributed by atoms with Crippen molar-refractivity contribution in [1.82, 2.24) is 15.3 Å². The SMILES string of the molecule is CCC(=NC(=O)c1[nH]c(C)c(Cl)c1Br)C(CNc1nc(C(=NC)NC(C)N)c(C(=O)O)s1)OC. The summed E-state index contributed by atoms with van der Waals surface area (Å²) < 4.78 is 5.99. The topological polar surface area (TPSA) is 167 Å². The van der Waals surface area contributed by atoms with Gasteiger partial charge in [0.05, 0.1) is 21.4 Å². The number of carbonyl (C=O) groups excluding carboxylic acids is 1. The molecular formula is C20H27BrClN7O4S. The zero-order valence-corrected chi connectivity index (χ0v) is 22.5. The molecule has 6 N–H and O–H groups in total. The van der Waals surface area contributed by atoms with Crippen molar-refractivity contribution in [3.05, 3.63) is 31.5 Å². The van der Waals surface area contributed by atoms with Crippen molar-refractivity contribution in [1.29, 1.82) is 0 Å². The maximum absolute atomic E-state index is 12.7. The molecule has 2 aromatic rings. The second-order valence-corrected chi connectivity index (χ2v) is 9.30. The highest BCUT2D eigenvalue weighted by molar-refractivity contribution is 9.10. The Morgan fingerprint density at radius 1 is 1.44 bits per heavy atom. The molecular weight excluding hydrogens is 550 g/mol. The third kappa shape index (κ3) is 6.63. The summed E-state index contributed by atoms with van der Waals surface area (Å²) in [7, 11) is 3.01. The molecule has 2 aromatic heterocycles. The van der Waals surface area contributed by atoms with Crippen LogP contribution in [0.2, 0.25) is 5.02 Å². The minimum absolute atomic E-state index is 0.00798. The van der Waals surface area contributed by atoms with Crippen LogP contribution in [0.3, 0.4) is 0 Å². The van der Waals surface area contributed by atoms with Crippen LogP contribution in [0.1, 0.15) is 51.8 Å². The lowest BCUT2D eigenvalue weighted by Crippen LogP contribution is -2.40. The number of aliphatic imine (C=N–C) groups is 2. The largest absolute Gasteiger partial charge is 0.477 e. The number of aromatic amines is 1. The summed E-state index contributed by atoms with van der Waals surface area (Å²) in [6, 6.07) is 0. The van der Waals surface area contributed by atoms with E-state index in [1.807, 2.05) is 6.92 Å². The Morgan fingerprint density at radius 3 is 2.59 bits per heavy atom. The number of hydrogen-bond donors (Lipinski definition) is 5. The number of nitrogens with two attached hydrogens (primary N) is 1. The number of anilines is 1. The number of ether oxygens (including phenoxy) is 1. The fourth-order valence-electron chi connectivity index (χ4n) is 2.96. The minimum Gasteiger partial charge on any atom is -0.477 e. The number of thiazole rings is 1. The number of rotatable bonds is 10. The number of methoxy groups -OCH3 is 1. The summed E-state index contributed by atoms with van der Waals surface area (Å²) >= 11 is 10.4. The van der Waals surface area contributed by atoms with Gasteiger partial charge in [-0.1, -0.05) is 29.9 Å². The summed E-state index contributed by atoms with van der Waals surface area (Å²) in [6.07, 6.45) is -0.567. The van der Waals surface area contributed by atoms with Gasteiger partial charge < -0.3 is 31.2 Å². The molecule has 186 valence electrons. The molecule has 2 atom stereocenters. The van der Waals surface area contributed by atoms with Gasteiger partial charge in [-0.05, 0) is 36.2 Å². The molecule has 2 rings (SSSR count). The van der Waals surface area contributed by atoms with Gasteiger partial charge in [-0.25, -0.2) is 14.8 Å². The van der Waals surface area contributed by atoms with Gasteiger partial charge in [-0.3, -0.25) is 9.79 Å². The first-order valence-corrected chi connectivity index (χ1v) is 12.2. The quantitative estimate of drug-likeness (QED) is 0.163. The number of amidine groups is 1. The van der Waals surface area contributed by atoms with Crippen LogP contribution in [-0.2, 0) is 4.74 Å². The average molecular weight is 577 g/mol. The Bertz CT molecular complexity index is 1110. The minimum atomic E-state index is -1.14. The number of aryl methyl sites for hydroxylation is 1. The molecule has 0 spiro atoms. The normalized spacial score (nSPS) is 14.1. The van der Waals surface area contributed by atoms with E-state index in [-0.39, 0.29) is 28.6 Å². The number of aromatic nitrogens is 2. The van der Waals surface area contributed by atoms with Crippen LogP contribution in [0.5, 0.6) is 0 Å². The van der Waals surface area contributed by atoms with Gasteiger partial charge in [0.1, 0.15) is 28.2 Å². The highest BCUT2D eigenvalue weighted by Crippen LogP contribution is 2.30. The molecule has 0 aromatic carbocycles. The number of H-pyrrole nitrogens is 1. The summed E-state index contributed by atoms with van der Waals surface area (Å²) in [5.41, 5.74) is 7.33. The Hall–Kier alpha value is -2.32. The maximum Gasteiger partial charge on any atom is 0.348 e. The second kappa shape index (κ2) is 12.4. The molecule has 0 aliphatic carbocycles. The van der Waals surface area contributed by atoms with E-state index in [9.17, 15) is 14.7 Å². The molecule has 2 heterocycles. The molecule has 0 saturated heterocycles. The smallest absolute Gasteiger partial charge is 0.348 e. The lowest BCUT2D eigenvalue weighted by molar-refractivity contribution is 0.0701. The first-order chi connectivity index (χ1) is 16.0. The van der Waals surface area contributed by atoms with Crippen LogP contribution >= 0.6 is 38.9 Å². The zero-order chi connectivity index (χ0) is 25.6. The molecule has 0 saturated carbocycles. The number of aromatic carboxylic acids is 1. The Kier molecular flexibility index (Phi) is 10.2. The Balaban J connectivity index is 2.25. The molecule has 1 amide bonds. The third-order valence-corrected chi connectivity index (χ3v) is 7.10. The fourth-order valence-corrected chi connectivity index (χ4v) is 4.48. The van der Waals surface area contributed by atoms with Crippen LogP contribution in [0.25, 0.3) is 0 Å². The first-order valence-electron chi connectivity index (χ1n) is 10.2. The summed E-state index contributed by atoms with van der Waals surface area (Å²) in [5, 5.41) is 16.3. The van der Waals surface area contributed by atoms with E-state index in [1.165, 1.54) is 14.2 Å². The molecule has 0 bridgehead atoms. The lowest BCUT2D eigenvalue weighted by Gasteiger charge is -2.17. The molecule has 0 aliphatic heterocycles. The highest BCUT2D eigenvalue weighted by Gasteiger charge is 2.24. The Labute approximate surface area is 214 Å². The van der Waals surface area contributed by atoms with Gasteiger partial charge in [-0.2, -0.15) is 0 Å². The number of hydrogen-bond acceptors (Lipinski definition) is 8. The van der Waals surface area contributed by atoms with Crippen molar-refractivity contribution in [3.63, 3.8) is 0 Å². The molecule has 11 nitrogen and oxygen atoms in total. The van der Waals surface area contributed by atoms with Gasteiger partial charge in [-0.15, -0.1) is 0 Å². The number of carbonyl (C=O) groups is 2. The monoisotopic (exact) mass is 575 g/mol. The maximum atomic E-state index is 12.7. The predicted molar refractivity (Wildman–Crippen MR) is 138 cm³/mol. The molecule has 0 fully saturated rings. The number of halogens is 2. The highest BCUT2D eigenvalue weighted by atomic mass is 79.9. The van der Waals surface area contributed by atoms with Gasteiger partial charge >= 0.3 is 5.97 Å². The standard InChI is InChI=1S/C20H27BrClN7O4S/c1-6-10(28-18(30)14-12(21)13(22)8(2)26-14)11(33-5)7-25-20-29-15(16(34-20)19(31)32)17(24-4)27-9(3)23/h9,11,26H,6-7,23H2,1-5H3,(H,24,27)(H,25,29)(H,31,32). The third-order valence-electron chi connectivity index (χ3n) is 4.60. The summed E-state index contributed by atoms with van der Waals surface area (Å²) in [5.74, 6) is -1.36. The van der Waals surface area contributed by atoms with Crippen molar-refractivity contribution in [2.75, 3.05) is 26.0 Å². The molecule has 0 radical (unpaired) electrons. The number of carboxylic acid groups (broad SMARTS) is 1. The van der Waals surface area contributed by atoms with Crippen LogP contribution in [-0.4, -0.2) is 71.5 Å². The van der Waals surface area contributed by atoms with Crippen LogP contribution in [0, 0.1) is 6.92 Å². The Morgan fingerprint density at radius 2 is 2.12 bits per heavy atom. The zero-order valence-electron chi connectivity index (χ0n) is 19.3. The molecule has 0 aliphatic rings. The average Bonchev–Trinajstić information content (AvgIpc) is 3.33. The van der Waals surface area contributed by atoms with Crippen molar-refractivity contribution < 1.29 is 19.4 Å². The number of carboxylic acids is 1. The van der Waals surface area contributed by atoms with E-state index in [0.29, 0.717) is 32.5 Å². The van der Waals surface area contributed by atoms with E-state index >= 15 is 0 Å². The van der Waals surface area contributed by atoms with Crippen LogP contribution in [0.4, 0.5) is 5.13 Å². The molecule has 34 heavy (non-hydrogen) atoms. The number of amides is 1. The van der Waals surface area contributed by atoms with E-state index in [2.05, 4.69) is 46.5 Å². The fraction of sp³-hybridized carbons (Fsp3) is 0.450. The van der Waals surface area contributed by atoms with E-state index in [0.717, 1.165) is 11.3 Å². The van der Waals surface area contributed by atoms with Crippen molar-refractivity contribution in [2.24, 2.45) is 15.7 Å². The molecule has 2 unspecified atom stereocenters. The van der Waals surface area contributed by atoms with Crippen molar-refractivity contribution in [2.45, 2.75) is 39.5 Å². The number of nitrogens with zero attached hydrogens (tertiary/aromatic N) is 3. The number of nitrogens with one attached hydrogen (secondary N) is 3.